The highest BCUT2D eigenvalue weighted by Crippen LogP contribution is 2.47. The molecule has 1 aliphatic carbocycles. The molecule has 1 fully saturated rings. The molecule has 1 aliphatic rings. The van der Waals surface area contributed by atoms with Gasteiger partial charge in [-0.2, -0.15) is 13.2 Å². The number of carbonyl (C=O) groups is 2. The first-order valence-electron chi connectivity index (χ1n) is 11.8. The van der Waals surface area contributed by atoms with Crippen LogP contribution in [0.25, 0.3) is 21.5 Å². The van der Waals surface area contributed by atoms with Gasteiger partial charge in [0, 0.05) is 18.9 Å². The maximum absolute atomic E-state index is 12.7. The number of carbonyl (C=O) groups excluding carboxylic acids is 2. The molecule has 0 atom stereocenters. The summed E-state index contributed by atoms with van der Waals surface area (Å²) in [5, 5.41) is 0. The Bertz CT molecular complexity index is 1390. The van der Waals surface area contributed by atoms with Crippen molar-refractivity contribution in [2.75, 3.05) is 0 Å². The molecule has 36 heavy (non-hydrogen) atoms. The van der Waals surface area contributed by atoms with Crippen LogP contribution in [0.1, 0.15) is 58.8 Å². The van der Waals surface area contributed by atoms with Crippen LogP contribution in [0.5, 0.6) is 0 Å². The number of benzene rings is 1. The number of halogens is 3. The first-order chi connectivity index (χ1) is 17.3. The summed E-state index contributed by atoms with van der Waals surface area (Å²) in [5.41, 5.74) is 4.85. The van der Waals surface area contributed by atoms with Gasteiger partial charge in [0.1, 0.15) is 4.88 Å². The van der Waals surface area contributed by atoms with Crippen molar-refractivity contribution in [1.82, 2.24) is 9.55 Å². The summed E-state index contributed by atoms with van der Waals surface area (Å²) >= 11 is 1.09. The fraction of sp³-hybridized carbons (Fsp3) is 0.296. The van der Waals surface area contributed by atoms with E-state index < -0.39 is 18.1 Å². The van der Waals surface area contributed by atoms with Crippen molar-refractivity contribution in [3.63, 3.8) is 0 Å². The quantitative estimate of drug-likeness (QED) is 0.211. The van der Waals surface area contributed by atoms with Crippen LogP contribution in [0.3, 0.4) is 0 Å². The van der Waals surface area contributed by atoms with E-state index in [0.717, 1.165) is 76.0 Å². The van der Waals surface area contributed by atoms with Crippen molar-refractivity contribution in [2.24, 2.45) is 0 Å². The van der Waals surface area contributed by atoms with Crippen LogP contribution in [0.15, 0.2) is 60.9 Å². The minimum absolute atomic E-state index is 0.0331. The molecule has 0 spiro atoms. The number of thiophene rings is 1. The van der Waals surface area contributed by atoms with Crippen LogP contribution >= 0.6 is 11.3 Å². The van der Waals surface area contributed by atoms with Crippen molar-refractivity contribution in [3.05, 3.63) is 76.9 Å². The Kier molecular flexibility index (Phi) is 6.66. The minimum atomic E-state index is -5.24. The van der Waals surface area contributed by atoms with Gasteiger partial charge in [0.15, 0.2) is 0 Å². The highest BCUT2D eigenvalue weighted by Gasteiger charge is 2.43. The van der Waals surface area contributed by atoms with Gasteiger partial charge in [-0.1, -0.05) is 55.7 Å². The zero-order valence-electron chi connectivity index (χ0n) is 19.3. The number of ether oxygens (including phenoxy) is 1. The lowest BCUT2D eigenvalue weighted by Gasteiger charge is -2.23. The van der Waals surface area contributed by atoms with Gasteiger partial charge in [-0.15, -0.1) is 11.3 Å². The summed E-state index contributed by atoms with van der Waals surface area (Å²) in [6.45, 7) is 0.466. The molecular formula is C27H23F3N2O3S. The van der Waals surface area contributed by atoms with E-state index in [2.05, 4.69) is 14.3 Å². The Morgan fingerprint density at radius 3 is 2.47 bits per heavy atom. The molecule has 9 heteroatoms. The number of hydrogen-bond acceptors (Lipinski definition) is 5. The molecule has 0 radical (unpaired) electrons. The summed E-state index contributed by atoms with van der Waals surface area (Å²) < 4.78 is 45.2. The second-order valence-electron chi connectivity index (χ2n) is 8.91. The minimum Gasteiger partial charge on any atom is -0.382 e. The molecule has 0 unspecified atom stereocenters. The van der Waals surface area contributed by atoms with E-state index in [1.807, 2.05) is 42.5 Å². The van der Waals surface area contributed by atoms with E-state index >= 15 is 0 Å². The molecule has 0 aliphatic heterocycles. The second kappa shape index (κ2) is 9.89. The van der Waals surface area contributed by atoms with Crippen LogP contribution < -0.4 is 0 Å². The Morgan fingerprint density at radius 2 is 1.81 bits per heavy atom. The number of rotatable bonds is 5. The molecule has 0 N–H and O–H groups in total. The lowest BCUT2D eigenvalue weighted by molar-refractivity contribution is -0.193. The number of pyridine rings is 1. The van der Waals surface area contributed by atoms with Gasteiger partial charge in [0.25, 0.3) is 0 Å². The van der Waals surface area contributed by atoms with E-state index in [-0.39, 0.29) is 10.8 Å². The molecular weight excluding hydrogens is 489 g/mol. The molecule has 0 saturated heterocycles. The summed E-state index contributed by atoms with van der Waals surface area (Å²) in [7, 11) is 0. The Hall–Kier alpha value is -3.46. The molecule has 5 nitrogen and oxygen atoms in total. The van der Waals surface area contributed by atoms with Crippen molar-refractivity contribution in [2.45, 2.75) is 50.7 Å². The molecule has 1 saturated carbocycles. The lowest BCUT2D eigenvalue weighted by atomic mass is 9.83. The Morgan fingerprint density at radius 1 is 1.06 bits per heavy atom. The van der Waals surface area contributed by atoms with Crippen LogP contribution in [-0.4, -0.2) is 27.7 Å². The molecule has 1 aromatic carbocycles. The van der Waals surface area contributed by atoms with Crippen LogP contribution in [0.4, 0.5) is 13.2 Å². The fourth-order valence-electron chi connectivity index (χ4n) is 4.96. The highest BCUT2D eigenvalue weighted by molar-refractivity contribution is 7.21. The maximum Gasteiger partial charge on any atom is 0.491 e. The van der Waals surface area contributed by atoms with Gasteiger partial charge in [-0.25, -0.2) is 9.59 Å². The number of hydrogen-bond donors (Lipinski definition) is 0. The monoisotopic (exact) mass is 512 g/mol. The van der Waals surface area contributed by atoms with E-state index in [9.17, 15) is 22.8 Å². The van der Waals surface area contributed by atoms with Gasteiger partial charge >= 0.3 is 18.1 Å². The van der Waals surface area contributed by atoms with Crippen molar-refractivity contribution in [1.29, 1.82) is 0 Å². The number of aromatic nitrogens is 2. The number of nitrogens with zero attached hydrogens (tertiary/aromatic N) is 2. The Balaban J connectivity index is 1.69. The van der Waals surface area contributed by atoms with Gasteiger partial charge in [0.2, 0.25) is 0 Å². The van der Waals surface area contributed by atoms with Crippen molar-refractivity contribution >= 4 is 33.5 Å². The standard InChI is InChI=1S/C27H23F3N2O3S/c28-27(29,30)26(34)35-25(33)21-14-20-24(36-21)22(18-9-3-1-4-10-18)23(19-11-5-2-6-12-19)32(20)16-17-8-7-13-31-15-17/h2,5-8,11-15,18H,1,3-4,9-10,16H2. The summed E-state index contributed by atoms with van der Waals surface area (Å²) in [5.74, 6) is -3.55. The summed E-state index contributed by atoms with van der Waals surface area (Å²) in [6, 6.07) is 15.3. The summed E-state index contributed by atoms with van der Waals surface area (Å²) in [6.07, 6.45) is 3.56. The topological polar surface area (TPSA) is 61.2 Å². The number of fused-ring (bicyclic) bond motifs is 1. The zero-order chi connectivity index (χ0) is 25.3. The molecule has 3 aromatic heterocycles. The zero-order valence-corrected chi connectivity index (χ0v) is 20.1. The van der Waals surface area contributed by atoms with E-state index in [1.54, 1.807) is 18.5 Å². The molecule has 186 valence electrons. The highest BCUT2D eigenvalue weighted by atomic mass is 32.1. The molecule has 3 heterocycles. The van der Waals surface area contributed by atoms with Gasteiger partial charge in [0.05, 0.1) is 15.9 Å². The SMILES string of the molecule is O=C(OC(=O)C(F)(F)F)c1cc2c(s1)c(C1CCCCC1)c(-c1ccccc1)n2Cc1cccnc1. The number of esters is 2. The van der Waals surface area contributed by atoms with E-state index in [1.165, 1.54) is 0 Å². The fourth-order valence-corrected chi connectivity index (χ4v) is 6.12. The van der Waals surface area contributed by atoms with Gasteiger partial charge < -0.3 is 9.30 Å². The predicted octanol–water partition coefficient (Wildman–Crippen LogP) is 7.11. The second-order valence-corrected chi connectivity index (χ2v) is 9.96. The first-order valence-corrected chi connectivity index (χ1v) is 12.6. The largest absolute Gasteiger partial charge is 0.491 e. The average Bonchev–Trinajstić information content (AvgIpc) is 3.43. The van der Waals surface area contributed by atoms with Crippen LogP contribution in [0, 0.1) is 0 Å². The summed E-state index contributed by atoms with van der Waals surface area (Å²) in [4.78, 5) is 28.0. The van der Waals surface area contributed by atoms with Crippen molar-refractivity contribution in [3.8, 4) is 11.3 Å². The van der Waals surface area contributed by atoms with E-state index in [4.69, 9.17) is 0 Å². The first kappa shape index (κ1) is 24.2. The predicted molar refractivity (Wildman–Crippen MR) is 131 cm³/mol. The lowest BCUT2D eigenvalue weighted by Crippen LogP contribution is -2.27. The average molecular weight is 513 g/mol. The third-order valence-electron chi connectivity index (χ3n) is 6.52. The van der Waals surface area contributed by atoms with Gasteiger partial charge in [-0.3, -0.25) is 4.98 Å². The molecule has 4 aromatic rings. The van der Waals surface area contributed by atoms with Crippen LogP contribution in [-0.2, 0) is 16.1 Å². The Labute approximate surface area is 209 Å². The maximum atomic E-state index is 12.7. The smallest absolute Gasteiger partial charge is 0.382 e. The van der Waals surface area contributed by atoms with E-state index in [0.29, 0.717) is 6.54 Å². The third kappa shape index (κ3) is 4.80. The molecule has 0 bridgehead atoms. The van der Waals surface area contributed by atoms with Gasteiger partial charge in [-0.05, 0) is 47.6 Å². The third-order valence-corrected chi connectivity index (χ3v) is 7.65. The van der Waals surface area contributed by atoms with Crippen molar-refractivity contribution < 1.29 is 27.5 Å². The molecule has 0 amide bonds. The normalized spacial score (nSPS) is 14.8. The van der Waals surface area contributed by atoms with Crippen LogP contribution in [0.2, 0.25) is 0 Å². The molecule has 5 rings (SSSR count). The number of alkyl halides is 3.